The summed E-state index contributed by atoms with van der Waals surface area (Å²) < 4.78 is 6.81. The molecule has 0 fully saturated rings. The molecule has 152 valence electrons. The molecule has 2 aromatic carbocycles. The van der Waals surface area contributed by atoms with Gasteiger partial charge in [-0.05, 0) is 38.1 Å². The van der Waals surface area contributed by atoms with E-state index in [1.165, 1.54) is 5.56 Å². The third-order valence-corrected chi connectivity index (χ3v) is 5.45. The summed E-state index contributed by atoms with van der Waals surface area (Å²) in [6.07, 6.45) is -0.461. The zero-order valence-corrected chi connectivity index (χ0v) is 17.6. The van der Waals surface area contributed by atoms with Gasteiger partial charge in [0.25, 0.3) is 0 Å². The molecular formula is C23H22N4O2S. The van der Waals surface area contributed by atoms with Crippen molar-refractivity contribution < 1.29 is 9.53 Å². The Bertz CT molecular complexity index is 1160. The zero-order chi connectivity index (χ0) is 20.9. The van der Waals surface area contributed by atoms with E-state index in [0.717, 1.165) is 32.5 Å². The van der Waals surface area contributed by atoms with Crippen LogP contribution in [0, 0.1) is 6.92 Å². The fourth-order valence-electron chi connectivity index (χ4n) is 3.07. The van der Waals surface area contributed by atoms with Gasteiger partial charge in [0.15, 0.2) is 5.65 Å². The van der Waals surface area contributed by atoms with Crippen LogP contribution >= 0.6 is 11.8 Å². The molecule has 0 spiro atoms. The predicted molar refractivity (Wildman–Crippen MR) is 118 cm³/mol. The summed E-state index contributed by atoms with van der Waals surface area (Å²) in [6.45, 7) is 4.40. The average molecular weight is 419 g/mol. The molecular weight excluding hydrogens is 396 g/mol. The highest BCUT2D eigenvalue weighted by Gasteiger charge is 2.17. The minimum Gasteiger partial charge on any atom is -0.450 e. The zero-order valence-electron chi connectivity index (χ0n) is 16.8. The SMILES string of the molecule is CCOC(=O)NCc1c(-c2ccc(C)cc2)nc2ccc(Sc3ccccc3)nn12. The summed E-state index contributed by atoms with van der Waals surface area (Å²) in [5.41, 5.74) is 4.47. The number of benzene rings is 2. The highest BCUT2D eigenvalue weighted by atomic mass is 32.2. The number of hydrogen-bond donors (Lipinski definition) is 1. The molecule has 0 atom stereocenters. The van der Waals surface area contributed by atoms with Crippen molar-refractivity contribution in [2.45, 2.75) is 30.3 Å². The number of rotatable bonds is 6. The van der Waals surface area contributed by atoms with Crippen molar-refractivity contribution >= 4 is 23.5 Å². The second-order valence-corrected chi connectivity index (χ2v) is 7.80. The molecule has 1 N–H and O–H groups in total. The Morgan fingerprint density at radius 3 is 2.57 bits per heavy atom. The summed E-state index contributed by atoms with van der Waals surface area (Å²) in [4.78, 5) is 17.8. The number of alkyl carbamates (subject to hydrolysis) is 1. The molecule has 0 aliphatic heterocycles. The van der Waals surface area contributed by atoms with Crippen LogP contribution in [0.25, 0.3) is 16.9 Å². The Kier molecular flexibility index (Phi) is 5.99. The van der Waals surface area contributed by atoms with Crippen molar-refractivity contribution in [1.29, 1.82) is 0 Å². The topological polar surface area (TPSA) is 68.5 Å². The average Bonchev–Trinajstić information content (AvgIpc) is 3.11. The van der Waals surface area contributed by atoms with Crippen LogP contribution in [0.4, 0.5) is 4.79 Å². The molecule has 30 heavy (non-hydrogen) atoms. The molecule has 7 heteroatoms. The van der Waals surface area contributed by atoms with Gasteiger partial charge in [-0.15, -0.1) is 0 Å². The highest BCUT2D eigenvalue weighted by molar-refractivity contribution is 7.99. The summed E-state index contributed by atoms with van der Waals surface area (Å²) in [5, 5.41) is 8.43. The molecule has 0 aliphatic rings. The number of fused-ring (bicyclic) bond motifs is 1. The van der Waals surface area contributed by atoms with Crippen LogP contribution in [-0.4, -0.2) is 27.3 Å². The van der Waals surface area contributed by atoms with Crippen molar-refractivity contribution in [3.05, 3.63) is 78.0 Å². The van der Waals surface area contributed by atoms with Gasteiger partial charge in [-0.1, -0.05) is 59.8 Å². The van der Waals surface area contributed by atoms with Crippen molar-refractivity contribution in [3.63, 3.8) is 0 Å². The lowest BCUT2D eigenvalue weighted by Crippen LogP contribution is -2.24. The third-order valence-electron chi connectivity index (χ3n) is 4.51. The Morgan fingerprint density at radius 2 is 1.83 bits per heavy atom. The monoisotopic (exact) mass is 418 g/mol. The Balaban J connectivity index is 1.74. The molecule has 4 aromatic rings. The smallest absolute Gasteiger partial charge is 0.407 e. The van der Waals surface area contributed by atoms with Gasteiger partial charge in [-0.2, -0.15) is 5.10 Å². The summed E-state index contributed by atoms with van der Waals surface area (Å²) in [7, 11) is 0. The second-order valence-electron chi connectivity index (χ2n) is 6.70. The van der Waals surface area contributed by atoms with E-state index in [9.17, 15) is 4.79 Å². The van der Waals surface area contributed by atoms with Crippen LogP contribution in [0.15, 0.2) is 76.7 Å². The number of aromatic nitrogens is 3. The number of amides is 1. The van der Waals surface area contributed by atoms with E-state index in [-0.39, 0.29) is 6.54 Å². The molecule has 6 nitrogen and oxygen atoms in total. The van der Waals surface area contributed by atoms with Gasteiger partial charge < -0.3 is 10.1 Å². The first kappa shape index (κ1) is 20.0. The second kappa shape index (κ2) is 9.00. The number of aryl methyl sites for hydroxylation is 1. The molecule has 0 saturated carbocycles. The quantitative estimate of drug-likeness (QED) is 0.472. The lowest BCUT2D eigenvalue weighted by atomic mass is 10.1. The minimum atomic E-state index is -0.461. The molecule has 1 amide bonds. The van der Waals surface area contributed by atoms with Crippen LogP contribution < -0.4 is 5.32 Å². The Hall–Kier alpha value is -3.32. The minimum absolute atomic E-state index is 0.260. The van der Waals surface area contributed by atoms with E-state index in [1.807, 2.05) is 73.7 Å². The number of carbonyl (C=O) groups is 1. The first-order valence-corrected chi connectivity index (χ1v) is 10.5. The van der Waals surface area contributed by atoms with Crippen molar-refractivity contribution in [1.82, 2.24) is 19.9 Å². The lowest BCUT2D eigenvalue weighted by Gasteiger charge is -2.08. The van der Waals surface area contributed by atoms with Gasteiger partial charge in [-0.25, -0.2) is 14.3 Å². The first-order valence-electron chi connectivity index (χ1n) is 9.73. The van der Waals surface area contributed by atoms with Crippen LogP contribution in [0.3, 0.4) is 0 Å². The van der Waals surface area contributed by atoms with Crippen LogP contribution in [-0.2, 0) is 11.3 Å². The predicted octanol–water partition coefficient (Wildman–Crippen LogP) is 5.10. The number of hydrogen-bond acceptors (Lipinski definition) is 5. The van der Waals surface area contributed by atoms with E-state index < -0.39 is 6.09 Å². The van der Waals surface area contributed by atoms with Gasteiger partial charge >= 0.3 is 6.09 Å². The first-order chi connectivity index (χ1) is 14.6. The molecule has 0 unspecified atom stereocenters. The fraction of sp³-hybridized carbons (Fsp3) is 0.174. The normalized spacial score (nSPS) is 10.9. The van der Waals surface area contributed by atoms with Crippen LogP contribution in [0.2, 0.25) is 0 Å². The summed E-state index contributed by atoms with van der Waals surface area (Å²) in [5.74, 6) is 0. The van der Waals surface area contributed by atoms with Crippen LogP contribution in [0.5, 0.6) is 0 Å². The number of nitrogens with one attached hydrogen (secondary N) is 1. The standard InChI is InChI=1S/C23H22N4O2S/c1-3-29-23(28)24-15-19-22(17-11-9-16(2)10-12-17)25-20-13-14-21(26-27(19)20)30-18-7-5-4-6-8-18/h4-14H,3,15H2,1-2H3,(H,24,28). The van der Waals surface area contributed by atoms with E-state index in [2.05, 4.69) is 5.32 Å². The van der Waals surface area contributed by atoms with Gasteiger partial charge in [0.2, 0.25) is 0 Å². The Morgan fingerprint density at radius 1 is 1.07 bits per heavy atom. The maximum absolute atomic E-state index is 11.9. The van der Waals surface area contributed by atoms with Crippen LogP contribution in [0.1, 0.15) is 18.2 Å². The largest absolute Gasteiger partial charge is 0.450 e. The van der Waals surface area contributed by atoms with E-state index in [4.69, 9.17) is 14.8 Å². The molecule has 0 bridgehead atoms. The van der Waals surface area contributed by atoms with Gasteiger partial charge in [0.05, 0.1) is 24.5 Å². The molecule has 2 heterocycles. The third kappa shape index (κ3) is 4.46. The molecule has 0 saturated heterocycles. The molecule has 2 aromatic heterocycles. The highest BCUT2D eigenvalue weighted by Crippen LogP contribution is 2.28. The lowest BCUT2D eigenvalue weighted by molar-refractivity contribution is 0.151. The van der Waals surface area contributed by atoms with Gasteiger partial charge in [-0.3, -0.25) is 0 Å². The molecule has 0 radical (unpaired) electrons. The number of carbonyl (C=O) groups excluding carboxylic acids is 1. The van der Waals surface area contributed by atoms with Crippen molar-refractivity contribution in [3.8, 4) is 11.3 Å². The summed E-state index contributed by atoms with van der Waals surface area (Å²) in [6, 6.07) is 22.2. The van der Waals surface area contributed by atoms with Crippen molar-refractivity contribution in [2.75, 3.05) is 6.61 Å². The Labute approximate surface area is 179 Å². The number of ether oxygens (including phenoxy) is 1. The van der Waals surface area contributed by atoms with E-state index in [1.54, 1.807) is 23.2 Å². The van der Waals surface area contributed by atoms with Gasteiger partial charge in [0.1, 0.15) is 5.03 Å². The van der Waals surface area contributed by atoms with E-state index in [0.29, 0.717) is 6.61 Å². The maximum atomic E-state index is 11.9. The maximum Gasteiger partial charge on any atom is 0.407 e. The molecule has 4 rings (SSSR count). The molecule has 0 aliphatic carbocycles. The number of imidazole rings is 1. The summed E-state index contributed by atoms with van der Waals surface area (Å²) >= 11 is 1.58. The van der Waals surface area contributed by atoms with Crippen molar-refractivity contribution in [2.24, 2.45) is 0 Å². The van der Waals surface area contributed by atoms with E-state index >= 15 is 0 Å². The fourth-order valence-corrected chi connectivity index (χ4v) is 3.86. The van der Waals surface area contributed by atoms with Gasteiger partial charge in [0, 0.05) is 10.5 Å². The number of nitrogens with zero attached hydrogens (tertiary/aromatic N) is 3.